The molecule has 0 atom stereocenters. The van der Waals surface area contributed by atoms with E-state index in [0.717, 1.165) is 29.0 Å². The van der Waals surface area contributed by atoms with E-state index in [1.165, 1.54) is 11.1 Å². The van der Waals surface area contributed by atoms with Crippen molar-refractivity contribution in [1.82, 2.24) is 9.38 Å². The highest BCUT2D eigenvalue weighted by Gasteiger charge is 2.06. The third-order valence-electron chi connectivity index (χ3n) is 3.92. The van der Waals surface area contributed by atoms with Crippen LogP contribution < -0.4 is 5.73 Å². The molecule has 2 heterocycles. The van der Waals surface area contributed by atoms with Gasteiger partial charge < -0.3 is 10.1 Å². The second-order valence-electron chi connectivity index (χ2n) is 5.98. The number of rotatable bonds is 3. The Bertz CT molecular complexity index is 728. The molecule has 108 valence electrons. The molecule has 3 rings (SSSR count). The maximum Gasteiger partial charge on any atom is 0.137 e. The molecule has 0 aliphatic heterocycles. The molecule has 0 aliphatic rings. The highest BCUT2D eigenvalue weighted by molar-refractivity contribution is 5.54. The first kappa shape index (κ1) is 13.7. The van der Waals surface area contributed by atoms with Crippen LogP contribution >= 0.6 is 0 Å². The monoisotopic (exact) mass is 279 g/mol. The van der Waals surface area contributed by atoms with Crippen molar-refractivity contribution in [3.05, 3.63) is 65.1 Å². The second kappa shape index (κ2) is 5.24. The van der Waals surface area contributed by atoms with Crippen molar-refractivity contribution >= 4 is 11.3 Å². The molecular formula is C18H21N3. The van der Waals surface area contributed by atoms with Crippen molar-refractivity contribution in [3.8, 4) is 0 Å². The van der Waals surface area contributed by atoms with Gasteiger partial charge in [-0.25, -0.2) is 4.98 Å². The predicted molar refractivity (Wildman–Crippen MR) is 87.7 cm³/mol. The van der Waals surface area contributed by atoms with E-state index in [1.54, 1.807) is 0 Å². The van der Waals surface area contributed by atoms with E-state index >= 15 is 0 Å². The van der Waals surface area contributed by atoms with Crippen LogP contribution in [0.3, 0.4) is 0 Å². The largest absolute Gasteiger partial charge is 0.397 e. The summed E-state index contributed by atoms with van der Waals surface area (Å²) in [5.74, 6) is 0.570. The number of nitrogen functional groups attached to an aromatic ring is 1. The van der Waals surface area contributed by atoms with Crippen molar-refractivity contribution in [3.63, 3.8) is 0 Å². The van der Waals surface area contributed by atoms with Gasteiger partial charge in [0.25, 0.3) is 0 Å². The van der Waals surface area contributed by atoms with Crippen molar-refractivity contribution in [2.24, 2.45) is 0 Å². The highest BCUT2D eigenvalue weighted by Crippen LogP contribution is 2.18. The Morgan fingerprint density at radius 3 is 2.52 bits per heavy atom. The van der Waals surface area contributed by atoms with Crippen LogP contribution in [0.4, 0.5) is 5.69 Å². The molecule has 1 aromatic carbocycles. The lowest BCUT2D eigenvalue weighted by molar-refractivity contribution is 0.865. The molecule has 3 nitrogen and oxygen atoms in total. The summed E-state index contributed by atoms with van der Waals surface area (Å²) in [6, 6.07) is 10.8. The number of nitrogens with two attached hydrogens (primary N) is 1. The summed E-state index contributed by atoms with van der Waals surface area (Å²) >= 11 is 0. The third kappa shape index (κ3) is 2.77. The number of fused-ring (bicyclic) bond motifs is 1. The molecule has 0 radical (unpaired) electrons. The summed E-state index contributed by atoms with van der Waals surface area (Å²) < 4.78 is 2.00. The van der Waals surface area contributed by atoms with Gasteiger partial charge >= 0.3 is 0 Å². The Morgan fingerprint density at radius 2 is 1.86 bits per heavy atom. The van der Waals surface area contributed by atoms with Crippen molar-refractivity contribution < 1.29 is 0 Å². The Hall–Kier alpha value is -2.29. The minimum Gasteiger partial charge on any atom is -0.397 e. The first-order chi connectivity index (χ1) is 10.0. The number of pyridine rings is 1. The van der Waals surface area contributed by atoms with Crippen molar-refractivity contribution in [2.75, 3.05) is 5.73 Å². The molecular weight excluding hydrogens is 258 g/mol. The fourth-order valence-corrected chi connectivity index (χ4v) is 2.51. The van der Waals surface area contributed by atoms with E-state index < -0.39 is 0 Å². The number of hydrogen-bond donors (Lipinski definition) is 1. The number of imidazole rings is 1. The first-order valence-corrected chi connectivity index (χ1v) is 7.35. The Morgan fingerprint density at radius 1 is 1.14 bits per heavy atom. The second-order valence-corrected chi connectivity index (χ2v) is 5.98. The van der Waals surface area contributed by atoms with Gasteiger partial charge in [0.2, 0.25) is 0 Å². The lowest BCUT2D eigenvalue weighted by Crippen LogP contribution is -1.93. The lowest BCUT2D eigenvalue weighted by atomic mass is 10.0. The molecule has 0 bridgehead atoms. The standard InChI is InChI=1S/C18H21N3/c1-12(2)15-6-4-14(5-7-15)9-16-10-21-11-17(19)13(3)8-18(21)20-16/h4-8,10-12H,9,19H2,1-3H3. The molecule has 0 fully saturated rings. The SMILES string of the molecule is Cc1cc2nc(Cc3ccc(C(C)C)cc3)cn2cc1N. The summed E-state index contributed by atoms with van der Waals surface area (Å²) in [5.41, 5.74) is 12.5. The average molecular weight is 279 g/mol. The minimum atomic E-state index is 0.570. The van der Waals surface area contributed by atoms with E-state index in [4.69, 9.17) is 5.73 Å². The Balaban J connectivity index is 1.87. The quantitative estimate of drug-likeness (QED) is 0.789. The maximum atomic E-state index is 5.94. The van der Waals surface area contributed by atoms with Gasteiger partial charge in [0.05, 0.1) is 11.4 Å². The molecule has 21 heavy (non-hydrogen) atoms. The van der Waals surface area contributed by atoms with Gasteiger partial charge in [-0.2, -0.15) is 0 Å². The first-order valence-electron chi connectivity index (χ1n) is 7.35. The van der Waals surface area contributed by atoms with Crippen LogP contribution in [0.1, 0.15) is 42.1 Å². The molecule has 0 unspecified atom stereocenters. The fourth-order valence-electron chi connectivity index (χ4n) is 2.51. The molecule has 0 aliphatic carbocycles. The molecule has 3 aromatic rings. The summed E-state index contributed by atoms with van der Waals surface area (Å²) in [6.45, 7) is 6.43. The minimum absolute atomic E-state index is 0.570. The molecule has 0 spiro atoms. The van der Waals surface area contributed by atoms with Crippen molar-refractivity contribution in [1.29, 1.82) is 0 Å². The van der Waals surface area contributed by atoms with E-state index in [0.29, 0.717) is 5.92 Å². The molecule has 2 aromatic heterocycles. The number of aromatic nitrogens is 2. The smallest absolute Gasteiger partial charge is 0.137 e. The molecule has 0 amide bonds. The molecule has 0 saturated carbocycles. The van der Waals surface area contributed by atoms with Gasteiger partial charge in [-0.3, -0.25) is 0 Å². The molecule has 0 saturated heterocycles. The number of aryl methyl sites for hydroxylation is 1. The van der Waals surface area contributed by atoms with Gasteiger partial charge in [0.1, 0.15) is 5.65 Å². The number of benzene rings is 1. The number of anilines is 1. The summed E-state index contributed by atoms with van der Waals surface area (Å²) in [4.78, 5) is 4.67. The van der Waals surface area contributed by atoms with Crippen LogP contribution in [0.5, 0.6) is 0 Å². The van der Waals surface area contributed by atoms with E-state index in [1.807, 2.05) is 23.6 Å². The topological polar surface area (TPSA) is 43.3 Å². The molecule has 3 heteroatoms. The third-order valence-corrected chi connectivity index (χ3v) is 3.92. The number of nitrogens with zero attached hydrogens (tertiary/aromatic N) is 2. The molecule has 2 N–H and O–H groups in total. The van der Waals surface area contributed by atoms with Gasteiger partial charge in [-0.1, -0.05) is 38.1 Å². The van der Waals surface area contributed by atoms with E-state index in [-0.39, 0.29) is 0 Å². The fraction of sp³-hybridized carbons (Fsp3) is 0.278. The van der Waals surface area contributed by atoms with E-state index in [2.05, 4.69) is 49.3 Å². The van der Waals surface area contributed by atoms with Gasteiger partial charge in [-0.15, -0.1) is 0 Å². The van der Waals surface area contributed by atoms with Gasteiger partial charge in [-0.05, 0) is 35.6 Å². The van der Waals surface area contributed by atoms with Crippen LogP contribution in [0, 0.1) is 6.92 Å². The van der Waals surface area contributed by atoms with Crippen molar-refractivity contribution in [2.45, 2.75) is 33.1 Å². The average Bonchev–Trinajstić information content (AvgIpc) is 2.81. The van der Waals surface area contributed by atoms with Crippen LogP contribution in [-0.2, 0) is 6.42 Å². The Labute approximate surface area is 125 Å². The Kier molecular flexibility index (Phi) is 3.42. The van der Waals surface area contributed by atoms with Crippen LogP contribution in [0.25, 0.3) is 5.65 Å². The maximum absolute atomic E-state index is 5.94. The predicted octanol–water partition coefficient (Wildman–Crippen LogP) is 3.94. The van der Waals surface area contributed by atoms with Gasteiger partial charge in [0.15, 0.2) is 0 Å². The zero-order chi connectivity index (χ0) is 15.0. The normalized spacial score (nSPS) is 11.4. The summed E-state index contributed by atoms with van der Waals surface area (Å²) in [5, 5.41) is 0. The lowest BCUT2D eigenvalue weighted by Gasteiger charge is -2.05. The zero-order valence-electron chi connectivity index (χ0n) is 12.8. The van der Waals surface area contributed by atoms with Crippen LogP contribution in [-0.4, -0.2) is 9.38 Å². The summed E-state index contributed by atoms with van der Waals surface area (Å²) in [7, 11) is 0. The van der Waals surface area contributed by atoms with Crippen LogP contribution in [0.15, 0.2) is 42.7 Å². The highest BCUT2D eigenvalue weighted by atomic mass is 15.0. The van der Waals surface area contributed by atoms with Crippen LogP contribution in [0.2, 0.25) is 0 Å². The van der Waals surface area contributed by atoms with E-state index in [9.17, 15) is 0 Å². The zero-order valence-corrected chi connectivity index (χ0v) is 12.8. The van der Waals surface area contributed by atoms with Gasteiger partial charge in [0, 0.05) is 18.8 Å². The number of hydrogen-bond acceptors (Lipinski definition) is 2. The summed E-state index contributed by atoms with van der Waals surface area (Å²) in [6.07, 6.45) is 4.84.